The normalized spacial score (nSPS) is 18.7. The summed E-state index contributed by atoms with van der Waals surface area (Å²) < 4.78 is 0. The van der Waals surface area contributed by atoms with Gasteiger partial charge in [-0.25, -0.2) is 9.98 Å². The molecule has 0 radical (unpaired) electrons. The standard InChI is InChI=1S/C14H21N5/c1-11-16-13(19(4)14(17-11)18(2)3)15-10-12-8-6-5-7-9-12/h5-9,11H,10H2,1-4H3,(H,15,16). The highest BCUT2D eigenvalue weighted by Crippen LogP contribution is 2.07. The van der Waals surface area contributed by atoms with Crippen LogP contribution in [-0.4, -0.2) is 49.0 Å². The number of nitrogens with one attached hydrogen (secondary N) is 1. The highest BCUT2D eigenvalue weighted by atomic mass is 15.4. The van der Waals surface area contributed by atoms with Gasteiger partial charge in [-0.3, -0.25) is 4.90 Å². The number of hydrogen-bond acceptors (Lipinski definition) is 5. The Bertz CT molecular complexity index is 478. The first kappa shape index (κ1) is 13.4. The molecule has 0 bridgehead atoms. The quantitative estimate of drug-likeness (QED) is 0.871. The molecule has 0 saturated carbocycles. The van der Waals surface area contributed by atoms with Crippen molar-refractivity contribution in [3.8, 4) is 0 Å². The van der Waals surface area contributed by atoms with Gasteiger partial charge in [-0.15, -0.1) is 0 Å². The third-order valence-electron chi connectivity index (χ3n) is 2.92. The van der Waals surface area contributed by atoms with E-state index in [1.165, 1.54) is 5.56 Å². The van der Waals surface area contributed by atoms with Crippen LogP contribution in [0.15, 0.2) is 40.3 Å². The van der Waals surface area contributed by atoms with Gasteiger partial charge in [0.15, 0.2) is 0 Å². The number of benzene rings is 1. The molecule has 1 aromatic rings. The Hall–Kier alpha value is -2.04. The monoisotopic (exact) mass is 259 g/mol. The molecule has 0 amide bonds. The second-order valence-electron chi connectivity index (χ2n) is 4.81. The van der Waals surface area contributed by atoms with Crippen LogP contribution in [0.5, 0.6) is 0 Å². The molecule has 5 heteroatoms. The first-order valence-electron chi connectivity index (χ1n) is 6.42. The largest absolute Gasteiger partial charge is 0.352 e. The molecule has 0 aliphatic carbocycles. The van der Waals surface area contributed by atoms with Gasteiger partial charge in [0.2, 0.25) is 11.9 Å². The molecule has 2 rings (SSSR count). The van der Waals surface area contributed by atoms with Crippen molar-refractivity contribution < 1.29 is 0 Å². The summed E-state index contributed by atoms with van der Waals surface area (Å²) in [6, 6.07) is 10.3. The molecule has 1 aliphatic rings. The van der Waals surface area contributed by atoms with E-state index in [1.54, 1.807) is 0 Å². The Labute approximate surface area is 114 Å². The lowest BCUT2D eigenvalue weighted by Crippen LogP contribution is -2.50. The van der Waals surface area contributed by atoms with E-state index >= 15 is 0 Å². The molecule has 1 atom stereocenters. The molecule has 102 valence electrons. The molecule has 0 fully saturated rings. The molecule has 0 spiro atoms. The lowest BCUT2D eigenvalue weighted by atomic mass is 10.2. The van der Waals surface area contributed by atoms with Gasteiger partial charge < -0.3 is 10.2 Å². The van der Waals surface area contributed by atoms with Crippen LogP contribution in [0.1, 0.15) is 12.5 Å². The summed E-state index contributed by atoms with van der Waals surface area (Å²) in [7, 11) is 5.95. The summed E-state index contributed by atoms with van der Waals surface area (Å²) in [5.41, 5.74) is 1.24. The van der Waals surface area contributed by atoms with E-state index in [9.17, 15) is 0 Å². The zero-order valence-electron chi connectivity index (χ0n) is 12.0. The van der Waals surface area contributed by atoms with Crippen molar-refractivity contribution in [2.45, 2.75) is 19.6 Å². The van der Waals surface area contributed by atoms with Crippen molar-refractivity contribution in [2.75, 3.05) is 21.1 Å². The molecular formula is C14H21N5. The fraction of sp³-hybridized carbons (Fsp3) is 0.429. The van der Waals surface area contributed by atoms with Crippen LogP contribution in [0.2, 0.25) is 0 Å². The van der Waals surface area contributed by atoms with Crippen molar-refractivity contribution in [3.05, 3.63) is 35.9 Å². The Balaban J connectivity index is 2.04. The van der Waals surface area contributed by atoms with Gasteiger partial charge in [-0.2, -0.15) is 0 Å². The molecule has 0 aromatic heterocycles. The second kappa shape index (κ2) is 5.73. The Kier molecular flexibility index (Phi) is 4.04. The average molecular weight is 259 g/mol. The lowest BCUT2D eigenvalue weighted by molar-refractivity contribution is 0.491. The molecule has 1 N–H and O–H groups in total. The van der Waals surface area contributed by atoms with Gasteiger partial charge in [0.05, 0.1) is 0 Å². The van der Waals surface area contributed by atoms with Gasteiger partial charge in [-0.1, -0.05) is 30.3 Å². The van der Waals surface area contributed by atoms with Crippen LogP contribution in [0.25, 0.3) is 0 Å². The van der Waals surface area contributed by atoms with Crippen molar-refractivity contribution in [1.29, 1.82) is 0 Å². The van der Waals surface area contributed by atoms with Crippen molar-refractivity contribution in [3.63, 3.8) is 0 Å². The number of nitrogens with zero attached hydrogens (tertiary/aromatic N) is 4. The van der Waals surface area contributed by atoms with Crippen LogP contribution in [0, 0.1) is 0 Å². The van der Waals surface area contributed by atoms with E-state index in [2.05, 4.69) is 27.4 Å². The van der Waals surface area contributed by atoms with Gasteiger partial charge in [0.25, 0.3) is 0 Å². The van der Waals surface area contributed by atoms with Crippen molar-refractivity contribution in [1.82, 2.24) is 15.1 Å². The fourth-order valence-corrected chi connectivity index (χ4v) is 2.00. The highest BCUT2D eigenvalue weighted by Gasteiger charge is 2.20. The topological polar surface area (TPSA) is 43.2 Å². The lowest BCUT2D eigenvalue weighted by Gasteiger charge is -2.32. The maximum Gasteiger partial charge on any atom is 0.204 e. The van der Waals surface area contributed by atoms with Gasteiger partial charge in [-0.05, 0) is 12.5 Å². The number of rotatable bonds is 2. The predicted molar refractivity (Wildman–Crippen MR) is 79.1 cm³/mol. The van der Waals surface area contributed by atoms with Gasteiger partial charge >= 0.3 is 0 Å². The van der Waals surface area contributed by atoms with Crippen molar-refractivity contribution >= 4 is 11.9 Å². The summed E-state index contributed by atoms with van der Waals surface area (Å²) in [6.07, 6.45) is -0.0492. The van der Waals surface area contributed by atoms with Crippen molar-refractivity contribution in [2.24, 2.45) is 9.98 Å². The number of hydrogen-bond donors (Lipinski definition) is 1. The summed E-state index contributed by atoms with van der Waals surface area (Å²) >= 11 is 0. The van der Waals surface area contributed by atoms with E-state index in [-0.39, 0.29) is 6.17 Å². The second-order valence-corrected chi connectivity index (χ2v) is 4.81. The maximum absolute atomic E-state index is 4.53. The highest BCUT2D eigenvalue weighted by molar-refractivity contribution is 5.99. The summed E-state index contributed by atoms with van der Waals surface area (Å²) in [5.74, 6) is 1.77. The maximum atomic E-state index is 4.53. The summed E-state index contributed by atoms with van der Waals surface area (Å²) in [4.78, 5) is 13.0. The smallest absolute Gasteiger partial charge is 0.204 e. The number of aliphatic imine (C=N–C) groups is 2. The van der Waals surface area contributed by atoms with Crippen LogP contribution in [0.4, 0.5) is 0 Å². The van der Waals surface area contributed by atoms with E-state index < -0.39 is 0 Å². The molecule has 1 heterocycles. The van der Waals surface area contributed by atoms with E-state index in [4.69, 9.17) is 0 Å². The fourth-order valence-electron chi connectivity index (χ4n) is 2.00. The Morgan fingerprint density at radius 2 is 1.89 bits per heavy atom. The molecule has 1 aromatic carbocycles. The first-order valence-corrected chi connectivity index (χ1v) is 6.42. The van der Waals surface area contributed by atoms with Gasteiger partial charge in [0, 0.05) is 27.7 Å². The Morgan fingerprint density at radius 1 is 1.21 bits per heavy atom. The number of guanidine groups is 2. The minimum Gasteiger partial charge on any atom is -0.352 e. The minimum absolute atomic E-state index is 0.0492. The summed E-state index contributed by atoms with van der Waals surface area (Å²) in [6.45, 7) is 2.75. The van der Waals surface area contributed by atoms with Crippen LogP contribution in [0.3, 0.4) is 0 Å². The SMILES string of the molecule is CC1N=C(NCc2ccccc2)N(C)C(N(C)C)=N1. The summed E-state index contributed by atoms with van der Waals surface area (Å²) in [5, 5.41) is 3.37. The molecule has 19 heavy (non-hydrogen) atoms. The molecule has 0 saturated heterocycles. The molecule has 1 unspecified atom stereocenters. The zero-order valence-corrected chi connectivity index (χ0v) is 12.0. The molecule has 5 nitrogen and oxygen atoms in total. The van der Waals surface area contributed by atoms with Gasteiger partial charge in [0.1, 0.15) is 6.17 Å². The van der Waals surface area contributed by atoms with E-state index in [0.29, 0.717) is 0 Å². The third-order valence-corrected chi connectivity index (χ3v) is 2.92. The Morgan fingerprint density at radius 3 is 2.53 bits per heavy atom. The third kappa shape index (κ3) is 3.24. The average Bonchev–Trinajstić information content (AvgIpc) is 2.40. The van der Waals surface area contributed by atoms with Crippen LogP contribution >= 0.6 is 0 Å². The first-order chi connectivity index (χ1) is 9.08. The molecular weight excluding hydrogens is 238 g/mol. The predicted octanol–water partition coefficient (Wildman–Crippen LogP) is 1.34. The zero-order chi connectivity index (χ0) is 13.8. The van der Waals surface area contributed by atoms with E-state index in [1.807, 2.05) is 56.1 Å². The minimum atomic E-state index is -0.0492. The van der Waals surface area contributed by atoms with E-state index in [0.717, 1.165) is 18.5 Å². The molecule has 1 aliphatic heterocycles. The van der Waals surface area contributed by atoms with Crippen LogP contribution in [-0.2, 0) is 6.54 Å². The van der Waals surface area contributed by atoms with Crippen LogP contribution < -0.4 is 5.32 Å².